The summed E-state index contributed by atoms with van der Waals surface area (Å²) in [6.45, 7) is 3.35. The summed E-state index contributed by atoms with van der Waals surface area (Å²) < 4.78 is 0. The molecule has 0 aliphatic heterocycles. The first-order valence-electron chi connectivity index (χ1n) is 7.10. The van der Waals surface area contributed by atoms with E-state index < -0.39 is 0 Å². The number of benzene rings is 1. The summed E-state index contributed by atoms with van der Waals surface area (Å²) in [5, 5.41) is 5.81. The molecule has 0 spiro atoms. The third-order valence-corrected chi connectivity index (χ3v) is 4.67. The summed E-state index contributed by atoms with van der Waals surface area (Å²) in [5.41, 5.74) is 8.49. The number of aromatic nitrogens is 1. The van der Waals surface area contributed by atoms with Crippen LogP contribution in [0.25, 0.3) is 10.8 Å². The van der Waals surface area contributed by atoms with Crippen molar-refractivity contribution in [3.8, 4) is 0 Å². The van der Waals surface area contributed by atoms with Crippen LogP contribution in [0, 0.1) is 5.41 Å². The van der Waals surface area contributed by atoms with E-state index in [1.165, 1.54) is 25.7 Å². The summed E-state index contributed by atoms with van der Waals surface area (Å²) in [5.74, 6) is 0. The normalized spacial score (nSPS) is 17.1. The lowest BCUT2D eigenvalue weighted by Gasteiger charge is -2.41. The molecule has 0 saturated heterocycles. The monoisotopic (exact) mass is 255 g/mol. The lowest BCUT2D eigenvalue weighted by Crippen LogP contribution is -2.35. The van der Waals surface area contributed by atoms with Crippen molar-refractivity contribution in [3.63, 3.8) is 0 Å². The summed E-state index contributed by atoms with van der Waals surface area (Å²) in [4.78, 5) is 4.22. The molecule has 1 heterocycles. The molecule has 3 rings (SSSR count). The minimum absolute atomic E-state index is 0.510. The second-order valence-electron chi connectivity index (χ2n) is 5.68. The molecule has 0 atom stereocenters. The van der Waals surface area contributed by atoms with Crippen LogP contribution in [-0.2, 0) is 0 Å². The van der Waals surface area contributed by atoms with Crippen molar-refractivity contribution in [3.05, 3.63) is 30.6 Å². The van der Waals surface area contributed by atoms with E-state index in [2.05, 4.69) is 23.3 Å². The van der Waals surface area contributed by atoms with Gasteiger partial charge in [0.1, 0.15) is 0 Å². The topological polar surface area (TPSA) is 50.9 Å². The number of nitrogens with two attached hydrogens (primary N) is 1. The smallest absolute Gasteiger partial charge is 0.0437 e. The van der Waals surface area contributed by atoms with E-state index >= 15 is 0 Å². The van der Waals surface area contributed by atoms with Crippen molar-refractivity contribution in [1.82, 2.24) is 4.98 Å². The second-order valence-corrected chi connectivity index (χ2v) is 5.68. The fraction of sp³-hybridized carbons (Fsp3) is 0.438. The van der Waals surface area contributed by atoms with Crippen LogP contribution in [0.5, 0.6) is 0 Å². The number of anilines is 2. The molecule has 19 heavy (non-hydrogen) atoms. The fourth-order valence-electron chi connectivity index (χ4n) is 2.98. The van der Waals surface area contributed by atoms with Gasteiger partial charge in [-0.25, -0.2) is 0 Å². The van der Waals surface area contributed by atoms with Gasteiger partial charge in [-0.05, 0) is 42.9 Å². The molecule has 0 amide bonds. The van der Waals surface area contributed by atoms with Gasteiger partial charge >= 0.3 is 0 Å². The van der Waals surface area contributed by atoms with Gasteiger partial charge in [-0.3, -0.25) is 4.98 Å². The Morgan fingerprint density at radius 1 is 1.26 bits per heavy atom. The Hall–Kier alpha value is -1.77. The maximum atomic E-state index is 6.02. The molecular formula is C16H21N3. The van der Waals surface area contributed by atoms with Crippen molar-refractivity contribution in [1.29, 1.82) is 0 Å². The number of pyridine rings is 1. The highest BCUT2D eigenvalue weighted by atomic mass is 14.9. The number of nitrogens with zero attached hydrogens (tertiary/aromatic N) is 1. The van der Waals surface area contributed by atoms with Gasteiger partial charge in [0.2, 0.25) is 0 Å². The maximum Gasteiger partial charge on any atom is 0.0437 e. The Bertz CT molecular complexity index is 582. The summed E-state index contributed by atoms with van der Waals surface area (Å²) in [6, 6.07) is 6.03. The molecule has 100 valence electrons. The molecule has 1 saturated carbocycles. The third kappa shape index (κ3) is 2.14. The summed E-state index contributed by atoms with van der Waals surface area (Å²) in [6.07, 6.45) is 9.02. The van der Waals surface area contributed by atoms with Crippen LogP contribution in [0.3, 0.4) is 0 Å². The number of rotatable bonds is 4. The highest BCUT2D eigenvalue weighted by Gasteiger charge is 2.34. The van der Waals surface area contributed by atoms with Gasteiger partial charge in [-0.15, -0.1) is 0 Å². The van der Waals surface area contributed by atoms with Crippen LogP contribution in [0.4, 0.5) is 11.4 Å². The van der Waals surface area contributed by atoms with Crippen molar-refractivity contribution >= 4 is 22.1 Å². The van der Waals surface area contributed by atoms with Crippen molar-refractivity contribution < 1.29 is 0 Å². The molecular weight excluding hydrogens is 234 g/mol. The highest BCUT2D eigenvalue weighted by molar-refractivity contribution is 6.00. The zero-order chi connectivity index (χ0) is 13.3. The van der Waals surface area contributed by atoms with Gasteiger partial charge in [-0.2, -0.15) is 0 Å². The minimum atomic E-state index is 0.510. The lowest BCUT2D eigenvalue weighted by atomic mass is 9.67. The molecule has 1 aromatic carbocycles. The first-order valence-corrected chi connectivity index (χ1v) is 7.10. The Morgan fingerprint density at radius 3 is 2.79 bits per heavy atom. The number of hydrogen-bond acceptors (Lipinski definition) is 3. The molecule has 1 aliphatic rings. The molecule has 2 aromatic rings. The number of hydrogen-bond donors (Lipinski definition) is 2. The van der Waals surface area contributed by atoms with Gasteiger partial charge < -0.3 is 11.1 Å². The first kappa shape index (κ1) is 12.3. The van der Waals surface area contributed by atoms with Gasteiger partial charge in [0, 0.05) is 41.1 Å². The zero-order valence-electron chi connectivity index (χ0n) is 11.4. The average molecular weight is 255 g/mol. The first-order chi connectivity index (χ1) is 9.24. The SMILES string of the molecule is CCC1(CNc2ccc(N)c3ccncc23)CCC1. The van der Waals surface area contributed by atoms with E-state index in [-0.39, 0.29) is 0 Å². The average Bonchev–Trinajstić information content (AvgIpc) is 2.41. The molecule has 3 nitrogen and oxygen atoms in total. The largest absolute Gasteiger partial charge is 0.398 e. The van der Waals surface area contributed by atoms with Crippen molar-refractivity contribution in [2.75, 3.05) is 17.6 Å². The summed E-state index contributed by atoms with van der Waals surface area (Å²) >= 11 is 0. The van der Waals surface area contributed by atoms with E-state index in [1.54, 1.807) is 6.20 Å². The van der Waals surface area contributed by atoms with E-state index in [0.717, 1.165) is 28.7 Å². The van der Waals surface area contributed by atoms with Crippen molar-refractivity contribution in [2.45, 2.75) is 32.6 Å². The predicted octanol–water partition coefficient (Wildman–Crippen LogP) is 3.81. The molecule has 0 unspecified atom stereocenters. The molecule has 3 heteroatoms. The summed E-state index contributed by atoms with van der Waals surface area (Å²) in [7, 11) is 0. The van der Waals surface area contributed by atoms with E-state index in [1.807, 2.05) is 18.3 Å². The maximum absolute atomic E-state index is 6.02. The Labute approximate surface area is 114 Å². The highest BCUT2D eigenvalue weighted by Crippen LogP contribution is 2.44. The van der Waals surface area contributed by atoms with Crippen LogP contribution in [-0.4, -0.2) is 11.5 Å². The predicted molar refractivity (Wildman–Crippen MR) is 81.2 cm³/mol. The Morgan fingerprint density at radius 2 is 2.11 bits per heavy atom. The van der Waals surface area contributed by atoms with Gasteiger partial charge in [0.05, 0.1) is 0 Å². The molecule has 0 radical (unpaired) electrons. The van der Waals surface area contributed by atoms with E-state index in [9.17, 15) is 0 Å². The second kappa shape index (κ2) is 4.72. The lowest BCUT2D eigenvalue weighted by molar-refractivity contribution is 0.145. The van der Waals surface area contributed by atoms with Crippen LogP contribution in [0.15, 0.2) is 30.6 Å². The Balaban J connectivity index is 1.87. The van der Waals surface area contributed by atoms with Crippen LogP contribution >= 0.6 is 0 Å². The zero-order valence-corrected chi connectivity index (χ0v) is 11.4. The molecule has 0 bridgehead atoms. The quantitative estimate of drug-likeness (QED) is 0.817. The number of fused-ring (bicyclic) bond motifs is 1. The fourth-order valence-corrected chi connectivity index (χ4v) is 2.98. The van der Waals surface area contributed by atoms with E-state index in [4.69, 9.17) is 5.73 Å². The Kier molecular flexibility index (Phi) is 3.05. The van der Waals surface area contributed by atoms with Gasteiger partial charge in [-0.1, -0.05) is 13.3 Å². The van der Waals surface area contributed by atoms with E-state index in [0.29, 0.717) is 5.41 Å². The van der Waals surface area contributed by atoms with Crippen LogP contribution in [0.1, 0.15) is 32.6 Å². The minimum Gasteiger partial charge on any atom is -0.398 e. The van der Waals surface area contributed by atoms with Crippen LogP contribution in [0.2, 0.25) is 0 Å². The molecule has 3 N–H and O–H groups in total. The molecule has 1 aromatic heterocycles. The molecule has 1 aliphatic carbocycles. The van der Waals surface area contributed by atoms with Crippen molar-refractivity contribution in [2.24, 2.45) is 5.41 Å². The third-order valence-electron chi connectivity index (χ3n) is 4.67. The molecule has 1 fully saturated rings. The number of nitrogens with one attached hydrogen (secondary N) is 1. The van der Waals surface area contributed by atoms with Gasteiger partial charge in [0.25, 0.3) is 0 Å². The van der Waals surface area contributed by atoms with Crippen LogP contribution < -0.4 is 11.1 Å². The van der Waals surface area contributed by atoms with Gasteiger partial charge in [0.15, 0.2) is 0 Å². The number of nitrogen functional groups attached to an aromatic ring is 1. The standard InChI is InChI=1S/C16H21N3/c1-2-16(7-3-8-16)11-19-15-5-4-14(17)12-6-9-18-10-13(12)15/h4-6,9-10,19H,2-3,7-8,11,17H2,1H3.